The van der Waals surface area contributed by atoms with E-state index in [4.69, 9.17) is 0 Å². The lowest BCUT2D eigenvalue weighted by molar-refractivity contribution is 0.586. The maximum Gasteiger partial charge on any atom is 0.0768 e. The Morgan fingerprint density at radius 1 is 1.44 bits per heavy atom. The molecule has 2 aromatic rings. The molecule has 0 fully saturated rings. The fourth-order valence-electron chi connectivity index (χ4n) is 2.67. The van der Waals surface area contributed by atoms with E-state index in [0.717, 1.165) is 13.1 Å². The van der Waals surface area contributed by atoms with Crippen molar-refractivity contribution in [3.63, 3.8) is 0 Å². The van der Waals surface area contributed by atoms with Gasteiger partial charge in [-0.1, -0.05) is 24.3 Å². The topological polar surface area (TPSA) is 27.8 Å². The molecule has 2 nitrogen and oxygen atoms in total. The Labute approximate surface area is 112 Å². The number of para-hydroxylation sites is 1. The smallest absolute Gasteiger partial charge is 0.0768 e. The van der Waals surface area contributed by atoms with Crippen LogP contribution in [-0.4, -0.2) is 23.8 Å². The molecule has 1 aromatic heterocycles. The molecule has 2 heterocycles. The summed E-state index contributed by atoms with van der Waals surface area (Å²) in [6.07, 6.45) is 3.18. The van der Waals surface area contributed by atoms with Gasteiger partial charge in [0.1, 0.15) is 0 Å². The zero-order chi connectivity index (χ0) is 12.4. The minimum atomic E-state index is 0.623. The van der Waals surface area contributed by atoms with E-state index in [1.165, 1.54) is 33.7 Å². The van der Waals surface area contributed by atoms with Crippen molar-refractivity contribution in [3.05, 3.63) is 42.5 Å². The van der Waals surface area contributed by atoms with E-state index < -0.39 is 0 Å². The van der Waals surface area contributed by atoms with Gasteiger partial charge in [-0.3, -0.25) is 0 Å². The van der Waals surface area contributed by atoms with Crippen molar-refractivity contribution < 1.29 is 0 Å². The van der Waals surface area contributed by atoms with Crippen LogP contribution in [0, 0.1) is 0 Å². The molecule has 18 heavy (non-hydrogen) atoms. The molecule has 0 saturated heterocycles. The van der Waals surface area contributed by atoms with E-state index in [0.29, 0.717) is 5.92 Å². The molecule has 0 amide bonds. The van der Waals surface area contributed by atoms with Crippen LogP contribution in [0.3, 0.4) is 0 Å². The number of hydrogen-bond acceptors (Lipinski definition) is 2. The minimum absolute atomic E-state index is 0.623. The van der Waals surface area contributed by atoms with Crippen LogP contribution < -0.4 is 5.32 Å². The Bertz CT molecular complexity index is 559. The molecule has 0 spiro atoms. The van der Waals surface area contributed by atoms with Crippen molar-refractivity contribution in [2.45, 2.75) is 17.4 Å². The van der Waals surface area contributed by atoms with Crippen LogP contribution >= 0.6 is 11.8 Å². The largest absolute Gasteiger partial charge is 0.349 e. The fourth-order valence-corrected chi connectivity index (χ4v) is 3.89. The predicted molar refractivity (Wildman–Crippen MR) is 79.4 cm³/mol. The molecule has 1 aromatic carbocycles. The summed E-state index contributed by atoms with van der Waals surface area (Å²) in [4.78, 5) is 3.55. The number of fused-ring (bicyclic) bond motifs is 3. The standard InChI is InChI=1S/C15H18N2S/c1-2-8-16-10-11-7-9-18-15-14(11)12-5-3-4-6-13(12)17-15/h2-6,11,16-17H,1,7-10H2. The van der Waals surface area contributed by atoms with Gasteiger partial charge in [-0.15, -0.1) is 18.3 Å². The van der Waals surface area contributed by atoms with Gasteiger partial charge in [0.2, 0.25) is 0 Å². The first kappa shape index (κ1) is 11.9. The Morgan fingerprint density at radius 2 is 2.33 bits per heavy atom. The van der Waals surface area contributed by atoms with Crippen LogP contribution in [0.1, 0.15) is 17.9 Å². The Kier molecular flexibility index (Phi) is 3.43. The highest BCUT2D eigenvalue weighted by atomic mass is 32.2. The summed E-state index contributed by atoms with van der Waals surface area (Å²) in [7, 11) is 0. The summed E-state index contributed by atoms with van der Waals surface area (Å²) in [6, 6.07) is 8.63. The fraction of sp³-hybridized carbons (Fsp3) is 0.333. The number of H-pyrrole nitrogens is 1. The zero-order valence-electron chi connectivity index (χ0n) is 10.4. The van der Waals surface area contributed by atoms with Gasteiger partial charge in [0, 0.05) is 35.7 Å². The minimum Gasteiger partial charge on any atom is -0.349 e. The van der Waals surface area contributed by atoms with E-state index in [2.05, 4.69) is 41.1 Å². The number of hydrogen-bond donors (Lipinski definition) is 2. The molecule has 1 atom stereocenters. The third-order valence-corrected chi connectivity index (χ3v) is 4.56. The van der Waals surface area contributed by atoms with Crippen LogP contribution in [0.2, 0.25) is 0 Å². The number of aromatic nitrogens is 1. The van der Waals surface area contributed by atoms with E-state index in [-0.39, 0.29) is 0 Å². The van der Waals surface area contributed by atoms with Gasteiger partial charge in [0.15, 0.2) is 0 Å². The molecule has 1 unspecified atom stereocenters. The first-order valence-electron chi connectivity index (χ1n) is 6.45. The zero-order valence-corrected chi connectivity index (χ0v) is 11.2. The van der Waals surface area contributed by atoms with Crippen LogP contribution in [0.5, 0.6) is 0 Å². The second kappa shape index (κ2) is 5.21. The average molecular weight is 258 g/mol. The molecule has 1 aliphatic heterocycles. The van der Waals surface area contributed by atoms with Gasteiger partial charge >= 0.3 is 0 Å². The molecule has 3 heteroatoms. The SMILES string of the molecule is C=CCNCC1CCSc2[nH]c3ccccc3c21. The summed E-state index contributed by atoms with van der Waals surface area (Å²) in [5.41, 5.74) is 2.78. The predicted octanol–water partition coefficient (Wildman–Crippen LogP) is 3.52. The normalized spacial score (nSPS) is 18.8. The number of nitrogens with one attached hydrogen (secondary N) is 2. The lowest BCUT2D eigenvalue weighted by Gasteiger charge is -2.22. The van der Waals surface area contributed by atoms with E-state index in [1.807, 2.05) is 17.8 Å². The lowest BCUT2D eigenvalue weighted by atomic mass is 9.95. The molecule has 94 valence electrons. The van der Waals surface area contributed by atoms with Crippen molar-refractivity contribution in [1.29, 1.82) is 0 Å². The second-order valence-electron chi connectivity index (χ2n) is 4.69. The van der Waals surface area contributed by atoms with Crippen molar-refractivity contribution in [2.75, 3.05) is 18.8 Å². The van der Waals surface area contributed by atoms with Gasteiger partial charge < -0.3 is 10.3 Å². The van der Waals surface area contributed by atoms with E-state index >= 15 is 0 Å². The van der Waals surface area contributed by atoms with Gasteiger partial charge in [0.05, 0.1) is 5.03 Å². The summed E-state index contributed by atoms with van der Waals surface area (Å²) < 4.78 is 0. The maximum absolute atomic E-state index is 3.75. The molecule has 2 N–H and O–H groups in total. The molecular weight excluding hydrogens is 240 g/mol. The van der Waals surface area contributed by atoms with Crippen LogP contribution in [-0.2, 0) is 0 Å². The highest BCUT2D eigenvalue weighted by Gasteiger charge is 2.24. The van der Waals surface area contributed by atoms with Gasteiger partial charge in [-0.05, 0) is 18.1 Å². The summed E-state index contributed by atoms with van der Waals surface area (Å²) in [5.74, 6) is 1.83. The van der Waals surface area contributed by atoms with Gasteiger partial charge in [-0.2, -0.15) is 0 Å². The number of aromatic amines is 1. The average Bonchev–Trinajstić information content (AvgIpc) is 2.78. The Balaban J connectivity index is 1.95. The van der Waals surface area contributed by atoms with E-state index in [9.17, 15) is 0 Å². The molecule has 0 radical (unpaired) electrons. The summed E-state index contributed by atoms with van der Waals surface area (Å²) in [5, 5.41) is 6.22. The molecule has 0 saturated carbocycles. The third kappa shape index (κ3) is 2.08. The molecule has 1 aliphatic rings. The van der Waals surface area contributed by atoms with Crippen LogP contribution in [0.15, 0.2) is 41.9 Å². The number of benzene rings is 1. The van der Waals surface area contributed by atoms with Gasteiger partial charge in [0.25, 0.3) is 0 Å². The summed E-state index contributed by atoms with van der Waals surface area (Å²) >= 11 is 1.95. The van der Waals surface area contributed by atoms with E-state index in [1.54, 1.807) is 0 Å². The van der Waals surface area contributed by atoms with Crippen molar-refractivity contribution >= 4 is 22.7 Å². The van der Waals surface area contributed by atoms with Crippen LogP contribution in [0.4, 0.5) is 0 Å². The van der Waals surface area contributed by atoms with Crippen molar-refractivity contribution in [1.82, 2.24) is 10.3 Å². The Morgan fingerprint density at radius 3 is 3.22 bits per heavy atom. The lowest BCUT2D eigenvalue weighted by Crippen LogP contribution is -2.23. The monoisotopic (exact) mass is 258 g/mol. The number of rotatable bonds is 4. The highest BCUT2D eigenvalue weighted by Crippen LogP contribution is 2.41. The van der Waals surface area contributed by atoms with Gasteiger partial charge in [-0.25, -0.2) is 0 Å². The summed E-state index contributed by atoms with van der Waals surface area (Å²) in [6.45, 7) is 5.69. The molecular formula is C15H18N2S. The van der Waals surface area contributed by atoms with Crippen LogP contribution in [0.25, 0.3) is 10.9 Å². The van der Waals surface area contributed by atoms with Crippen molar-refractivity contribution in [2.24, 2.45) is 0 Å². The first-order valence-corrected chi connectivity index (χ1v) is 7.43. The van der Waals surface area contributed by atoms with Crippen molar-refractivity contribution in [3.8, 4) is 0 Å². The second-order valence-corrected chi connectivity index (χ2v) is 5.80. The maximum atomic E-state index is 3.75. The quantitative estimate of drug-likeness (QED) is 0.648. The molecule has 0 aliphatic carbocycles. The molecule has 0 bridgehead atoms. The third-order valence-electron chi connectivity index (χ3n) is 3.51. The Hall–Kier alpha value is -1.19. The molecule has 3 rings (SSSR count). The highest BCUT2D eigenvalue weighted by molar-refractivity contribution is 7.99. The first-order chi connectivity index (χ1) is 8.90. The number of thioether (sulfide) groups is 1.